The van der Waals surface area contributed by atoms with E-state index in [-0.39, 0.29) is 0 Å². The number of benzene rings is 1. The predicted molar refractivity (Wildman–Crippen MR) is 77.3 cm³/mol. The smallest absolute Gasteiger partial charge is 0.0900 e. The number of rotatable bonds is 5. The summed E-state index contributed by atoms with van der Waals surface area (Å²) in [5.41, 5.74) is 4.03. The van der Waals surface area contributed by atoms with Gasteiger partial charge in [0.2, 0.25) is 0 Å². The van der Waals surface area contributed by atoms with Crippen LogP contribution in [0.3, 0.4) is 0 Å². The second-order valence-electron chi connectivity index (χ2n) is 5.68. The number of likely N-dealkylation sites (tertiary alicyclic amines) is 1. The van der Waals surface area contributed by atoms with Crippen molar-refractivity contribution in [3.63, 3.8) is 0 Å². The van der Waals surface area contributed by atoms with Crippen molar-refractivity contribution in [2.45, 2.75) is 38.8 Å². The topological polar surface area (TPSA) is 32.7 Å². The largest absolute Gasteiger partial charge is 0.389 e. The SMILES string of the molecule is COC[C@H](O)CN1CCC[C@@H]1c1cc(C)cc(C)c1. The second kappa shape index (κ2) is 6.51. The standard InChI is InChI=1S/C16H25NO2/c1-12-7-13(2)9-14(8-12)16-5-4-6-17(16)10-15(18)11-19-3/h7-9,15-16,18H,4-6,10-11H2,1-3H3/t15-,16-/m1/s1. The van der Waals surface area contributed by atoms with Crippen LogP contribution in [0.2, 0.25) is 0 Å². The first-order chi connectivity index (χ1) is 9.10. The highest BCUT2D eigenvalue weighted by Gasteiger charge is 2.27. The summed E-state index contributed by atoms with van der Waals surface area (Å²) in [6.45, 7) is 6.48. The lowest BCUT2D eigenvalue weighted by Crippen LogP contribution is -2.34. The molecule has 1 aromatic rings. The Morgan fingerprint density at radius 1 is 1.32 bits per heavy atom. The molecular weight excluding hydrogens is 238 g/mol. The minimum Gasteiger partial charge on any atom is -0.389 e. The zero-order valence-electron chi connectivity index (χ0n) is 12.2. The summed E-state index contributed by atoms with van der Waals surface area (Å²) in [7, 11) is 1.63. The fourth-order valence-electron chi connectivity index (χ4n) is 3.14. The van der Waals surface area contributed by atoms with Crippen LogP contribution in [0.4, 0.5) is 0 Å². The van der Waals surface area contributed by atoms with E-state index in [1.54, 1.807) is 7.11 Å². The first-order valence-corrected chi connectivity index (χ1v) is 7.09. The molecule has 3 heteroatoms. The van der Waals surface area contributed by atoms with Gasteiger partial charge in [0.1, 0.15) is 0 Å². The van der Waals surface area contributed by atoms with Crippen LogP contribution in [-0.4, -0.2) is 42.9 Å². The van der Waals surface area contributed by atoms with Crippen molar-refractivity contribution in [1.29, 1.82) is 0 Å². The lowest BCUT2D eigenvalue weighted by molar-refractivity contribution is 0.0346. The molecule has 0 aliphatic carbocycles. The summed E-state index contributed by atoms with van der Waals surface area (Å²) in [5, 5.41) is 9.92. The predicted octanol–water partition coefficient (Wildman–Crippen LogP) is 2.45. The molecule has 1 aliphatic heterocycles. The Hall–Kier alpha value is -0.900. The van der Waals surface area contributed by atoms with Gasteiger partial charge in [0.25, 0.3) is 0 Å². The number of aliphatic hydroxyl groups excluding tert-OH is 1. The van der Waals surface area contributed by atoms with Crippen LogP contribution in [0.15, 0.2) is 18.2 Å². The Labute approximate surface area is 116 Å². The number of β-amino-alcohol motifs (C(OH)–C–C–N with tert-alkyl or cyclic N) is 1. The third kappa shape index (κ3) is 3.78. The Morgan fingerprint density at radius 2 is 2.00 bits per heavy atom. The first-order valence-electron chi connectivity index (χ1n) is 7.09. The van der Waals surface area contributed by atoms with E-state index in [1.807, 2.05) is 0 Å². The van der Waals surface area contributed by atoms with Crippen LogP contribution in [0.1, 0.15) is 35.6 Å². The maximum Gasteiger partial charge on any atom is 0.0900 e. The van der Waals surface area contributed by atoms with Crippen molar-refractivity contribution in [2.75, 3.05) is 26.8 Å². The summed E-state index contributed by atoms with van der Waals surface area (Å²) >= 11 is 0. The molecule has 1 fully saturated rings. The lowest BCUT2D eigenvalue weighted by atomic mass is 9.99. The highest BCUT2D eigenvalue weighted by atomic mass is 16.5. The van der Waals surface area contributed by atoms with Crippen molar-refractivity contribution in [3.8, 4) is 0 Å². The van der Waals surface area contributed by atoms with E-state index in [4.69, 9.17) is 4.74 Å². The molecular formula is C16H25NO2. The third-order valence-electron chi connectivity index (χ3n) is 3.80. The average molecular weight is 263 g/mol. The molecule has 2 atom stereocenters. The van der Waals surface area contributed by atoms with Gasteiger partial charge in [-0.25, -0.2) is 0 Å². The van der Waals surface area contributed by atoms with E-state index >= 15 is 0 Å². The zero-order chi connectivity index (χ0) is 13.8. The molecule has 2 rings (SSSR count). The molecule has 1 N–H and O–H groups in total. The number of methoxy groups -OCH3 is 1. The van der Waals surface area contributed by atoms with E-state index in [2.05, 4.69) is 36.9 Å². The molecule has 0 amide bonds. The Bertz CT molecular complexity index is 399. The minimum atomic E-state index is -0.392. The normalized spacial score (nSPS) is 21.8. The van der Waals surface area contributed by atoms with Gasteiger partial charge in [0.15, 0.2) is 0 Å². The van der Waals surface area contributed by atoms with E-state index in [0.29, 0.717) is 19.2 Å². The maximum absolute atomic E-state index is 9.92. The van der Waals surface area contributed by atoms with E-state index in [1.165, 1.54) is 29.5 Å². The van der Waals surface area contributed by atoms with Crippen LogP contribution in [0.25, 0.3) is 0 Å². The summed E-state index contributed by atoms with van der Waals surface area (Å²) < 4.78 is 5.02. The molecule has 0 aromatic heterocycles. The average Bonchev–Trinajstić information content (AvgIpc) is 2.76. The van der Waals surface area contributed by atoms with Crippen LogP contribution in [-0.2, 0) is 4.74 Å². The molecule has 0 unspecified atom stereocenters. The van der Waals surface area contributed by atoms with Gasteiger partial charge in [-0.05, 0) is 38.8 Å². The van der Waals surface area contributed by atoms with E-state index in [0.717, 1.165) is 6.54 Å². The van der Waals surface area contributed by atoms with Gasteiger partial charge in [-0.2, -0.15) is 0 Å². The van der Waals surface area contributed by atoms with Gasteiger partial charge in [-0.3, -0.25) is 4.90 Å². The van der Waals surface area contributed by atoms with Crippen molar-refractivity contribution < 1.29 is 9.84 Å². The van der Waals surface area contributed by atoms with E-state index < -0.39 is 6.10 Å². The van der Waals surface area contributed by atoms with Crippen molar-refractivity contribution in [1.82, 2.24) is 4.90 Å². The van der Waals surface area contributed by atoms with Crippen molar-refractivity contribution >= 4 is 0 Å². The summed E-state index contributed by atoms with van der Waals surface area (Å²) in [6, 6.07) is 7.21. The van der Waals surface area contributed by atoms with Gasteiger partial charge in [0, 0.05) is 19.7 Å². The summed E-state index contributed by atoms with van der Waals surface area (Å²) in [6.07, 6.45) is 2.00. The molecule has 1 heterocycles. The van der Waals surface area contributed by atoms with Crippen LogP contribution >= 0.6 is 0 Å². The number of aryl methyl sites for hydroxylation is 2. The Balaban J connectivity index is 2.09. The molecule has 3 nitrogen and oxygen atoms in total. The Morgan fingerprint density at radius 3 is 2.63 bits per heavy atom. The van der Waals surface area contributed by atoms with Crippen LogP contribution in [0.5, 0.6) is 0 Å². The Kier molecular flexibility index (Phi) is 4.97. The molecule has 0 spiro atoms. The van der Waals surface area contributed by atoms with Gasteiger partial charge >= 0.3 is 0 Å². The molecule has 1 saturated heterocycles. The monoisotopic (exact) mass is 263 g/mol. The second-order valence-corrected chi connectivity index (χ2v) is 5.68. The molecule has 0 bridgehead atoms. The highest BCUT2D eigenvalue weighted by molar-refractivity contribution is 5.31. The zero-order valence-corrected chi connectivity index (χ0v) is 12.2. The quantitative estimate of drug-likeness (QED) is 0.885. The molecule has 0 radical (unpaired) electrons. The summed E-state index contributed by atoms with van der Waals surface area (Å²) in [4.78, 5) is 2.39. The minimum absolute atomic E-state index is 0.392. The molecule has 1 aliphatic rings. The number of hydrogen-bond donors (Lipinski definition) is 1. The van der Waals surface area contributed by atoms with Gasteiger partial charge < -0.3 is 9.84 Å². The fourth-order valence-corrected chi connectivity index (χ4v) is 3.14. The molecule has 0 saturated carbocycles. The van der Waals surface area contributed by atoms with Gasteiger partial charge in [-0.1, -0.05) is 29.3 Å². The number of ether oxygens (including phenoxy) is 1. The molecule has 1 aromatic carbocycles. The summed E-state index contributed by atoms with van der Waals surface area (Å²) in [5.74, 6) is 0. The van der Waals surface area contributed by atoms with Gasteiger partial charge in [-0.15, -0.1) is 0 Å². The molecule has 19 heavy (non-hydrogen) atoms. The highest BCUT2D eigenvalue weighted by Crippen LogP contribution is 2.32. The number of aliphatic hydroxyl groups is 1. The van der Waals surface area contributed by atoms with Crippen molar-refractivity contribution in [2.24, 2.45) is 0 Å². The maximum atomic E-state index is 9.92. The lowest BCUT2D eigenvalue weighted by Gasteiger charge is -2.27. The third-order valence-corrected chi connectivity index (χ3v) is 3.80. The number of nitrogens with zero attached hydrogens (tertiary/aromatic N) is 1. The first kappa shape index (κ1) is 14.5. The molecule has 106 valence electrons. The van der Waals surface area contributed by atoms with Crippen molar-refractivity contribution in [3.05, 3.63) is 34.9 Å². The van der Waals surface area contributed by atoms with Gasteiger partial charge in [0.05, 0.1) is 12.7 Å². The fraction of sp³-hybridized carbons (Fsp3) is 0.625. The van der Waals surface area contributed by atoms with Crippen LogP contribution in [0, 0.1) is 13.8 Å². The number of hydrogen-bond acceptors (Lipinski definition) is 3. The van der Waals surface area contributed by atoms with E-state index in [9.17, 15) is 5.11 Å². The van der Waals surface area contributed by atoms with Crippen LogP contribution < -0.4 is 0 Å².